The summed E-state index contributed by atoms with van der Waals surface area (Å²) < 4.78 is 1.19. The first kappa shape index (κ1) is 28.3. The summed E-state index contributed by atoms with van der Waals surface area (Å²) in [7, 11) is 0. The van der Waals surface area contributed by atoms with Crippen molar-refractivity contribution in [3.8, 4) is 32.4 Å². The number of H-pyrrole nitrogens is 1. The number of aromatic nitrogens is 4. The van der Waals surface area contributed by atoms with E-state index in [9.17, 15) is 0 Å². The molecular formula is C40H29N5S3. The highest BCUT2D eigenvalue weighted by molar-refractivity contribution is 7.99. The van der Waals surface area contributed by atoms with Crippen LogP contribution in [0.25, 0.3) is 53.8 Å². The number of rotatable bonds is 5. The molecule has 0 fully saturated rings. The number of nitrogens with one attached hydrogen (secondary N) is 1. The second kappa shape index (κ2) is 11.4. The Morgan fingerprint density at radius 2 is 1.65 bits per heavy atom. The van der Waals surface area contributed by atoms with Crippen LogP contribution < -0.4 is 4.90 Å². The van der Waals surface area contributed by atoms with Gasteiger partial charge in [0.2, 0.25) is 0 Å². The number of anilines is 2. The van der Waals surface area contributed by atoms with Gasteiger partial charge >= 0.3 is 0 Å². The lowest BCUT2D eigenvalue weighted by Crippen LogP contribution is -2.17. The molecule has 0 amide bonds. The number of aromatic amines is 1. The van der Waals surface area contributed by atoms with E-state index in [2.05, 4.69) is 117 Å². The number of para-hydroxylation sites is 2. The van der Waals surface area contributed by atoms with Gasteiger partial charge in [0.05, 0.1) is 27.0 Å². The van der Waals surface area contributed by atoms with Gasteiger partial charge in [0, 0.05) is 39.0 Å². The molecule has 5 nitrogen and oxygen atoms in total. The Morgan fingerprint density at radius 3 is 2.54 bits per heavy atom. The van der Waals surface area contributed by atoms with Crippen molar-refractivity contribution in [1.29, 1.82) is 0 Å². The summed E-state index contributed by atoms with van der Waals surface area (Å²) in [4.78, 5) is 24.1. The number of thiophene rings is 1. The number of hydrogen-bond donors (Lipinski definition) is 1. The Morgan fingerprint density at radius 1 is 0.771 bits per heavy atom. The van der Waals surface area contributed by atoms with E-state index in [4.69, 9.17) is 9.97 Å². The highest BCUT2D eigenvalue weighted by atomic mass is 32.2. The number of pyridine rings is 1. The van der Waals surface area contributed by atoms with Gasteiger partial charge in [0.1, 0.15) is 10.8 Å². The highest BCUT2D eigenvalue weighted by Gasteiger charge is 2.35. The van der Waals surface area contributed by atoms with Gasteiger partial charge in [-0.2, -0.15) is 0 Å². The number of imidazole rings is 1. The van der Waals surface area contributed by atoms with Crippen LogP contribution in [0.3, 0.4) is 0 Å². The molecule has 2 aliphatic heterocycles. The molecule has 232 valence electrons. The molecule has 1 atom stereocenters. The average molecular weight is 676 g/mol. The molecule has 10 rings (SSSR count). The molecule has 8 heteroatoms. The third kappa shape index (κ3) is 4.62. The molecule has 1 N–H and O–H groups in total. The molecule has 0 radical (unpaired) electrons. The molecule has 6 heterocycles. The Kier molecular flexibility index (Phi) is 6.74. The van der Waals surface area contributed by atoms with Crippen LogP contribution in [-0.2, 0) is 12.8 Å². The minimum absolute atomic E-state index is 0.236. The normalized spacial score (nSPS) is 15.7. The minimum Gasteiger partial charge on any atom is -0.340 e. The van der Waals surface area contributed by atoms with Crippen molar-refractivity contribution in [2.24, 2.45) is 0 Å². The summed E-state index contributed by atoms with van der Waals surface area (Å²) in [6.45, 7) is 0.902. The first-order chi connectivity index (χ1) is 23.8. The topological polar surface area (TPSA) is 57.7 Å². The number of fused-ring (bicyclic) bond motifs is 4. The summed E-state index contributed by atoms with van der Waals surface area (Å²) in [5.74, 6) is 0.831. The number of hydrogen-bond acceptors (Lipinski definition) is 7. The zero-order valence-corrected chi connectivity index (χ0v) is 28.3. The lowest BCUT2D eigenvalue weighted by molar-refractivity contribution is 0.774. The van der Waals surface area contributed by atoms with Crippen LogP contribution in [0.1, 0.15) is 28.4 Å². The van der Waals surface area contributed by atoms with Gasteiger partial charge in [-0.1, -0.05) is 54.6 Å². The van der Waals surface area contributed by atoms with Gasteiger partial charge in [0.15, 0.2) is 5.65 Å². The molecule has 48 heavy (non-hydrogen) atoms. The van der Waals surface area contributed by atoms with Gasteiger partial charge < -0.3 is 9.88 Å². The van der Waals surface area contributed by atoms with Crippen LogP contribution in [-0.4, -0.2) is 26.5 Å². The molecule has 0 spiro atoms. The molecule has 0 saturated heterocycles. The number of nitrogens with zero attached hydrogens (tertiary/aromatic N) is 4. The second-order valence-corrected chi connectivity index (χ2v) is 15.5. The van der Waals surface area contributed by atoms with E-state index >= 15 is 0 Å². The Labute approximate surface area is 290 Å². The van der Waals surface area contributed by atoms with E-state index in [1.54, 1.807) is 11.3 Å². The van der Waals surface area contributed by atoms with Crippen LogP contribution in [0.2, 0.25) is 0 Å². The first-order valence-electron chi connectivity index (χ1n) is 16.3. The maximum atomic E-state index is 5.39. The number of aryl methyl sites for hydroxylation is 1. The Bertz CT molecular complexity index is 2410. The van der Waals surface area contributed by atoms with Gasteiger partial charge in [-0.25, -0.2) is 15.0 Å². The van der Waals surface area contributed by atoms with Gasteiger partial charge in [-0.15, -0.1) is 34.4 Å². The van der Waals surface area contributed by atoms with Crippen LogP contribution >= 0.6 is 34.4 Å². The van der Waals surface area contributed by atoms with Crippen molar-refractivity contribution in [2.45, 2.75) is 29.4 Å². The van der Waals surface area contributed by atoms with E-state index in [1.807, 2.05) is 35.4 Å². The fraction of sp³-hybridized carbons (Fsp3) is 0.125. The number of benzene rings is 4. The second-order valence-electron chi connectivity index (χ2n) is 12.3. The van der Waals surface area contributed by atoms with Crippen LogP contribution in [0, 0.1) is 0 Å². The van der Waals surface area contributed by atoms with Crippen molar-refractivity contribution in [3.63, 3.8) is 0 Å². The standard InChI is InChI=1S/C40H29N5S3/c1-4-13-29-24(9-1)19-21-45(29)30-23-26(32-16-8-22-46-32)35(34-18-17-25-10-2-5-14-31(25)47-34)37(40-43-27-11-3-6-15-33(27)48-40)36(30)39-42-28-12-7-20-41-38(28)44-39/h1-16,20,22-23,34H,17-19,21H2,(H,41,42,44). The number of thioether (sulfide) groups is 1. The minimum atomic E-state index is 0.236. The highest BCUT2D eigenvalue weighted by Crippen LogP contribution is 2.56. The van der Waals surface area contributed by atoms with E-state index in [1.165, 1.54) is 48.0 Å². The van der Waals surface area contributed by atoms with Crippen molar-refractivity contribution in [1.82, 2.24) is 19.9 Å². The van der Waals surface area contributed by atoms with E-state index < -0.39 is 0 Å². The summed E-state index contributed by atoms with van der Waals surface area (Å²) in [5, 5.41) is 3.46. The summed E-state index contributed by atoms with van der Waals surface area (Å²) in [5.41, 5.74) is 12.8. The van der Waals surface area contributed by atoms with Gasteiger partial charge in [-0.05, 0) is 95.4 Å². The zero-order chi connectivity index (χ0) is 31.6. The number of thiazole rings is 1. The lowest BCUT2D eigenvalue weighted by Gasteiger charge is -2.31. The van der Waals surface area contributed by atoms with E-state index in [0.717, 1.165) is 64.6 Å². The van der Waals surface area contributed by atoms with Crippen LogP contribution in [0.5, 0.6) is 0 Å². The monoisotopic (exact) mass is 675 g/mol. The molecule has 0 bridgehead atoms. The van der Waals surface area contributed by atoms with Crippen molar-refractivity contribution < 1.29 is 0 Å². The molecule has 0 aliphatic carbocycles. The predicted molar refractivity (Wildman–Crippen MR) is 202 cm³/mol. The molecule has 1 unspecified atom stereocenters. The molecule has 2 aliphatic rings. The smallest absolute Gasteiger partial charge is 0.178 e. The fourth-order valence-corrected chi connectivity index (χ4v) is 10.6. The average Bonchev–Trinajstić information content (AvgIpc) is 3.96. The summed E-state index contributed by atoms with van der Waals surface area (Å²) >= 11 is 5.59. The molecule has 0 saturated carbocycles. The zero-order valence-electron chi connectivity index (χ0n) is 25.9. The largest absolute Gasteiger partial charge is 0.340 e. The quantitative estimate of drug-likeness (QED) is 0.197. The van der Waals surface area contributed by atoms with Crippen LogP contribution in [0.4, 0.5) is 11.4 Å². The van der Waals surface area contributed by atoms with Crippen molar-refractivity contribution in [3.05, 3.63) is 131 Å². The predicted octanol–water partition coefficient (Wildman–Crippen LogP) is 11.1. The maximum Gasteiger partial charge on any atom is 0.178 e. The van der Waals surface area contributed by atoms with Crippen LogP contribution in [0.15, 0.2) is 120 Å². The maximum absolute atomic E-state index is 5.39. The lowest BCUT2D eigenvalue weighted by atomic mass is 9.88. The third-order valence-corrected chi connectivity index (χ3v) is 12.9. The molecular weight excluding hydrogens is 647 g/mol. The van der Waals surface area contributed by atoms with E-state index in [0.29, 0.717) is 0 Å². The Hall–Kier alpha value is -4.76. The van der Waals surface area contributed by atoms with Gasteiger partial charge in [0.25, 0.3) is 0 Å². The first-order valence-corrected chi connectivity index (χ1v) is 18.9. The molecule has 4 aromatic carbocycles. The SMILES string of the molecule is c1csc(-c2cc(N3CCc4ccccc43)c(-c3nc4ncccc4[nH]3)c(-c3nc4ccccc4s3)c2C2CCc3ccccc3S2)c1. The van der Waals surface area contributed by atoms with Crippen molar-refractivity contribution in [2.75, 3.05) is 11.4 Å². The summed E-state index contributed by atoms with van der Waals surface area (Å²) in [6.07, 6.45) is 4.91. The third-order valence-electron chi connectivity index (χ3n) is 9.55. The Balaban J connectivity index is 1.34. The van der Waals surface area contributed by atoms with Gasteiger partial charge in [-0.3, -0.25) is 0 Å². The summed E-state index contributed by atoms with van der Waals surface area (Å²) in [6, 6.07) is 37.2. The molecule has 8 aromatic rings. The van der Waals surface area contributed by atoms with Crippen molar-refractivity contribution >= 4 is 67.2 Å². The molecule has 4 aromatic heterocycles. The fourth-order valence-electron chi connectivity index (χ4n) is 7.39. The van der Waals surface area contributed by atoms with E-state index in [-0.39, 0.29) is 5.25 Å².